The molecule has 6 heteroatoms. The minimum absolute atomic E-state index is 0.172. The van der Waals surface area contributed by atoms with E-state index in [4.69, 9.17) is 17.0 Å². The number of aliphatic hydroxyl groups is 1. The van der Waals surface area contributed by atoms with Crippen LogP contribution in [0.3, 0.4) is 0 Å². The van der Waals surface area contributed by atoms with E-state index < -0.39 is 5.60 Å². The molecule has 1 aliphatic carbocycles. The Morgan fingerprint density at radius 3 is 2.68 bits per heavy atom. The highest BCUT2D eigenvalue weighted by molar-refractivity contribution is 7.71. The molecule has 136 valence electrons. The molecule has 0 aliphatic heterocycles. The van der Waals surface area contributed by atoms with Crippen molar-refractivity contribution in [3.8, 4) is 5.75 Å². The van der Waals surface area contributed by atoms with Gasteiger partial charge in [0.2, 0.25) is 4.77 Å². The SMILES string of the molecule is CCOc1ccc(CC2CCC(C)(C)C2(O)Cn2[nH]cnc2=S)cc1. The second-order valence-corrected chi connectivity index (χ2v) is 7.95. The van der Waals surface area contributed by atoms with Crippen LogP contribution in [-0.2, 0) is 13.0 Å². The largest absolute Gasteiger partial charge is 0.494 e. The molecule has 2 atom stereocenters. The fraction of sp³-hybridized carbons (Fsp3) is 0.579. The molecule has 0 radical (unpaired) electrons. The molecule has 25 heavy (non-hydrogen) atoms. The third-order valence-electron chi connectivity index (χ3n) is 5.70. The van der Waals surface area contributed by atoms with Gasteiger partial charge in [-0.25, -0.2) is 4.98 Å². The lowest BCUT2D eigenvalue weighted by Gasteiger charge is -2.41. The number of aromatic amines is 1. The summed E-state index contributed by atoms with van der Waals surface area (Å²) in [5.74, 6) is 1.06. The molecule has 1 saturated carbocycles. The number of rotatable bonds is 6. The first kappa shape index (κ1) is 18.1. The van der Waals surface area contributed by atoms with Gasteiger partial charge in [0.05, 0.1) is 18.8 Å². The molecule has 1 aliphatic rings. The van der Waals surface area contributed by atoms with E-state index in [9.17, 15) is 5.11 Å². The maximum atomic E-state index is 11.6. The second kappa shape index (κ2) is 6.92. The van der Waals surface area contributed by atoms with Crippen molar-refractivity contribution in [2.24, 2.45) is 11.3 Å². The van der Waals surface area contributed by atoms with Gasteiger partial charge in [0.1, 0.15) is 12.1 Å². The number of nitrogens with zero attached hydrogens (tertiary/aromatic N) is 2. The first-order valence-corrected chi connectivity index (χ1v) is 9.31. The van der Waals surface area contributed by atoms with Crippen LogP contribution in [0.1, 0.15) is 39.2 Å². The smallest absolute Gasteiger partial charge is 0.215 e. The zero-order chi connectivity index (χ0) is 18.1. The number of benzene rings is 1. The van der Waals surface area contributed by atoms with Gasteiger partial charge in [0.15, 0.2) is 0 Å². The first-order valence-electron chi connectivity index (χ1n) is 8.90. The average molecular weight is 362 g/mol. The Bertz CT molecular complexity index is 765. The lowest BCUT2D eigenvalue weighted by molar-refractivity contribution is -0.0909. The fourth-order valence-corrected chi connectivity index (χ4v) is 4.13. The van der Waals surface area contributed by atoms with Crippen molar-refractivity contribution in [2.45, 2.75) is 52.2 Å². The molecule has 5 nitrogen and oxygen atoms in total. The molecule has 0 spiro atoms. The third-order valence-corrected chi connectivity index (χ3v) is 6.03. The van der Waals surface area contributed by atoms with Gasteiger partial charge in [-0.05, 0) is 67.4 Å². The Morgan fingerprint density at radius 2 is 2.08 bits per heavy atom. The van der Waals surface area contributed by atoms with Crippen molar-refractivity contribution in [3.05, 3.63) is 40.9 Å². The van der Waals surface area contributed by atoms with Crippen molar-refractivity contribution in [1.29, 1.82) is 0 Å². The van der Waals surface area contributed by atoms with Gasteiger partial charge in [-0.1, -0.05) is 26.0 Å². The highest BCUT2D eigenvalue weighted by Crippen LogP contribution is 2.51. The number of nitrogens with one attached hydrogen (secondary N) is 1. The number of aromatic nitrogens is 3. The minimum Gasteiger partial charge on any atom is -0.494 e. The first-order chi connectivity index (χ1) is 11.9. The molecule has 0 amide bonds. The van der Waals surface area contributed by atoms with Crippen LogP contribution in [0.25, 0.3) is 0 Å². The number of hydrogen-bond acceptors (Lipinski definition) is 4. The van der Waals surface area contributed by atoms with Crippen LogP contribution in [0.4, 0.5) is 0 Å². The molecule has 0 saturated heterocycles. The Balaban J connectivity index is 1.81. The highest BCUT2D eigenvalue weighted by Gasteiger charge is 2.54. The van der Waals surface area contributed by atoms with Gasteiger partial charge in [0.25, 0.3) is 0 Å². The summed E-state index contributed by atoms with van der Waals surface area (Å²) < 4.78 is 7.77. The highest BCUT2D eigenvalue weighted by atomic mass is 32.1. The van der Waals surface area contributed by atoms with Crippen molar-refractivity contribution in [1.82, 2.24) is 14.8 Å². The van der Waals surface area contributed by atoms with Gasteiger partial charge >= 0.3 is 0 Å². The topological polar surface area (TPSA) is 63.1 Å². The van der Waals surface area contributed by atoms with Crippen molar-refractivity contribution in [2.75, 3.05) is 6.61 Å². The molecule has 1 aromatic heterocycles. The van der Waals surface area contributed by atoms with E-state index in [0.29, 0.717) is 17.9 Å². The Morgan fingerprint density at radius 1 is 1.36 bits per heavy atom. The predicted octanol–water partition coefficient (Wildman–Crippen LogP) is 3.75. The summed E-state index contributed by atoms with van der Waals surface area (Å²) in [7, 11) is 0. The van der Waals surface area contributed by atoms with Gasteiger partial charge in [-0.3, -0.25) is 9.78 Å². The van der Waals surface area contributed by atoms with Crippen LogP contribution in [0.2, 0.25) is 0 Å². The Hall–Kier alpha value is -1.66. The molecule has 1 aromatic carbocycles. The fourth-order valence-electron chi connectivity index (χ4n) is 3.96. The standard InChI is InChI=1S/C19H27N3O2S/c1-4-24-16-7-5-14(6-8-16)11-15-9-10-18(2,3)19(15,23)12-22-17(25)20-13-21-22/h5-8,13,15,23H,4,9-12H2,1-3H3,(H,20,21,25). The van der Waals surface area contributed by atoms with Crippen LogP contribution < -0.4 is 4.74 Å². The summed E-state index contributed by atoms with van der Waals surface area (Å²) in [6, 6.07) is 8.20. The molecule has 0 bridgehead atoms. The van der Waals surface area contributed by atoms with E-state index in [1.54, 1.807) is 11.0 Å². The van der Waals surface area contributed by atoms with Crippen molar-refractivity contribution >= 4 is 12.2 Å². The Kier molecular flexibility index (Phi) is 5.02. The van der Waals surface area contributed by atoms with Crippen LogP contribution >= 0.6 is 12.2 Å². The summed E-state index contributed by atoms with van der Waals surface area (Å²) >= 11 is 5.25. The maximum Gasteiger partial charge on any atom is 0.215 e. The van der Waals surface area contributed by atoms with Gasteiger partial charge in [-0.2, -0.15) is 0 Å². The molecule has 1 heterocycles. The Labute approximate surface area is 154 Å². The van der Waals surface area contributed by atoms with E-state index in [1.165, 1.54) is 5.56 Å². The lowest BCUT2D eigenvalue weighted by Crippen LogP contribution is -2.49. The van der Waals surface area contributed by atoms with E-state index >= 15 is 0 Å². The van der Waals surface area contributed by atoms with Crippen LogP contribution in [0.15, 0.2) is 30.6 Å². The summed E-state index contributed by atoms with van der Waals surface area (Å²) in [5, 5.41) is 14.7. The van der Waals surface area contributed by atoms with E-state index in [2.05, 4.69) is 36.1 Å². The molecular formula is C19H27N3O2S. The van der Waals surface area contributed by atoms with E-state index in [1.807, 2.05) is 19.1 Å². The van der Waals surface area contributed by atoms with Crippen LogP contribution in [-0.4, -0.2) is 32.1 Å². The zero-order valence-corrected chi connectivity index (χ0v) is 16.0. The second-order valence-electron chi connectivity index (χ2n) is 7.58. The van der Waals surface area contributed by atoms with Gasteiger partial charge in [0, 0.05) is 0 Å². The zero-order valence-electron chi connectivity index (χ0n) is 15.2. The summed E-state index contributed by atoms with van der Waals surface area (Å²) in [6.07, 6.45) is 4.41. The normalized spacial score (nSPS) is 25.2. The van der Waals surface area contributed by atoms with Crippen molar-refractivity contribution in [3.63, 3.8) is 0 Å². The molecule has 2 N–H and O–H groups in total. The quantitative estimate of drug-likeness (QED) is 0.769. The summed E-state index contributed by atoms with van der Waals surface area (Å²) in [5.41, 5.74) is 0.205. The number of H-pyrrole nitrogens is 1. The van der Waals surface area contributed by atoms with Crippen molar-refractivity contribution < 1.29 is 9.84 Å². The number of hydrogen-bond donors (Lipinski definition) is 2. The molecular weight excluding hydrogens is 334 g/mol. The van der Waals surface area contributed by atoms with Crippen LogP contribution in [0, 0.1) is 16.1 Å². The third kappa shape index (κ3) is 3.51. The molecule has 3 rings (SSSR count). The molecule has 2 unspecified atom stereocenters. The number of ether oxygens (including phenoxy) is 1. The average Bonchev–Trinajstić information content (AvgIpc) is 3.06. The van der Waals surface area contributed by atoms with E-state index in [-0.39, 0.29) is 11.3 Å². The van der Waals surface area contributed by atoms with E-state index in [0.717, 1.165) is 25.0 Å². The summed E-state index contributed by atoms with van der Waals surface area (Å²) in [4.78, 5) is 4.07. The molecule has 2 aromatic rings. The summed E-state index contributed by atoms with van der Waals surface area (Å²) in [6.45, 7) is 7.38. The van der Waals surface area contributed by atoms with Crippen LogP contribution in [0.5, 0.6) is 5.75 Å². The van der Waals surface area contributed by atoms with Gasteiger partial charge < -0.3 is 9.84 Å². The maximum absolute atomic E-state index is 11.6. The lowest BCUT2D eigenvalue weighted by atomic mass is 9.72. The monoisotopic (exact) mass is 361 g/mol. The van der Waals surface area contributed by atoms with Gasteiger partial charge in [-0.15, -0.1) is 0 Å². The minimum atomic E-state index is -0.837. The molecule has 1 fully saturated rings. The predicted molar refractivity (Wildman–Crippen MR) is 100 cm³/mol.